The fourth-order valence-electron chi connectivity index (χ4n) is 3.02. The fraction of sp³-hybridized carbons (Fsp3) is 0.500. The molecule has 2 aromatic heterocycles. The maximum Gasteiger partial charge on any atom is 0.242 e. The average molecular weight is 273 g/mol. The molecule has 1 atom stereocenters. The Morgan fingerprint density at radius 1 is 1.55 bits per heavy atom. The largest absolute Gasteiger partial charge is 0.348 e. The van der Waals surface area contributed by atoms with E-state index in [-0.39, 0.29) is 18.5 Å². The molecule has 0 spiro atoms. The molecule has 1 aliphatic carbocycles. The van der Waals surface area contributed by atoms with E-state index in [2.05, 4.69) is 15.5 Å². The Kier molecular flexibility index (Phi) is 3.30. The van der Waals surface area contributed by atoms with Gasteiger partial charge in [-0.2, -0.15) is 10.2 Å². The number of carbonyl (C=O) groups excluding carboxylic acids is 1. The van der Waals surface area contributed by atoms with Gasteiger partial charge in [0.15, 0.2) is 0 Å². The third-order valence-electron chi connectivity index (χ3n) is 3.85. The van der Waals surface area contributed by atoms with E-state index in [0.717, 1.165) is 25.0 Å². The fourth-order valence-corrected chi connectivity index (χ4v) is 3.02. The number of fused-ring (bicyclic) bond motifs is 1. The molecule has 3 rings (SSSR count). The summed E-state index contributed by atoms with van der Waals surface area (Å²) in [5.74, 6) is -0.00481. The molecule has 2 aromatic rings. The second-order valence-corrected chi connectivity index (χ2v) is 5.29. The zero-order valence-corrected chi connectivity index (χ0v) is 11.8. The smallest absolute Gasteiger partial charge is 0.242 e. The van der Waals surface area contributed by atoms with Crippen molar-refractivity contribution in [3.63, 3.8) is 0 Å². The molecule has 1 unspecified atom stereocenters. The number of amides is 1. The summed E-state index contributed by atoms with van der Waals surface area (Å²) in [6.07, 6.45) is 6.57. The standard InChI is InChI=1S/C14H19N5O/c1-10-14-11(5-3-6-12(14)18(2)17-10)16-13(20)9-19-8-4-7-15-19/h4,7-8,11H,3,5-6,9H2,1-2H3,(H,16,20). The predicted octanol–water partition coefficient (Wildman–Crippen LogP) is 1.12. The number of nitrogens with one attached hydrogen (secondary N) is 1. The third-order valence-corrected chi connectivity index (χ3v) is 3.85. The van der Waals surface area contributed by atoms with Crippen LogP contribution in [0.15, 0.2) is 18.5 Å². The van der Waals surface area contributed by atoms with Crippen LogP contribution in [0.5, 0.6) is 0 Å². The van der Waals surface area contributed by atoms with Gasteiger partial charge in [-0.3, -0.25) is 14.2 Å². The monoisotopic (exact) mass is 273 g/mol. The van der Waals surface area contributed by atoms with Crippen molar-refractivity contribution in [1.29, 1.82) is 0 Å². The van der Waals surface area contributed by atoms with E-state index in [1.807, 2.05) is 24.7 Å². The van der Waals surface area contributed by atoms with Crippen molar-refractivity contribution >= 4 is 5.91 Å². The highest BCUT2D eigenvalue weighted by Crippen LogP contribution is 2.31. The maximum absolute atomic E-state index is 12.1. The van der Waals surface area contributed by atoms with Gasteiger partial charge in [-0.25, -0.2) is 0 Å². The number of aryl methyl sites for hydroxylation is 2. The summed E-state index contributed by atoms with van der Waals surface area (Å²) in [6.45, 7) is 2.27. The molecule has 0 bridgehead atoms. The third kappa shape index (κ3) is 2.33. The first-order valence-electron chi connectivity index (χ1n) is 6.94. The Morgan fingerprint density at radius 3 is 3.15 bits per heavy atom. The molecule has 0 saturated carbocycles. The zero-order valence-electron chi connectivity index (χ0n) is 11.8. The lowest BCUT2D eigenvalue weighted by Gasteiger charge is -2.24. The van der Waals surface area contributed by atoms with Gasteiger partial charge >= 0.3 is 0 Å². The molecule has 0 saturated heterocycles. The molecular formula is C14H19N5O. The molecule has 106 valence electrons. The van der Waals surface area contributed by atoms with E-state index in [4.69, 9.17) is 0 Å². The van der Waals surface area contributed by atoms with Crippen LogP contribution in [0.2, 0.25) is 0 Å². The summed E-state index contributed by atoms with van der Waals surface area (Å²) >= 11 is 0. The predicted molar refractivity (Wildman–Crippen MR) is 74.0 cm³/mol. The SMILES string of the molecule is Cc1nn(C)c2c1C(NC(=O)Cn1cccn1)CCC2. The molecule has 6 heteroatoms. The number of carbonyl (C=O) groups is 1. The highest BCUT2D eigenvalue weighted by molar-refractivity contribution is 5.76. The molecule has 0 radical (unpaired) electrons. The van der Waals surface area contributed by atoms with Crippen LogP contribution in [0.1, 0.15) is 35.8 Å². The van der Waals surface area contributed by atoms with Gasteiger partial charge in [-0.15, -0.1) is 0 Å². The normalized spacial score (nSPS) is 17.8. The highest BCUT2D eigenvalue weighted by Gasteiger charge is 2.27. The topological polar surface area (TPSA) is 64.7 Å². The van der Waals surface area contributed by atoms with E-state index >= 15 is 0 Å². The van der Waals surface area contributed by atoms with E-state index in [1.165, 1.54) is 11.3 Å². The van der Waals surface area contributed by atoms with Crippen molar-refractivity contribution in [3.8, 4) is 0 Å². The lowest BCUT2D eigenvalue weighted by atomic mass is 9.91. The van der Waals surface area contributed by atoms with Crippen molar-refractivity contribution < 1.29 is 4.79 Å². The summed E-state index contributed by atoms with van der Waals surface area (Å²) in [5.41, 5.74) is 3.47. The molecule has 6 nitrogen and oxygen atoms in total. The molecule has 2 heterocycles. The maximum atomic E-state index is 12.1. The summed E-state index contributed by atoms with van der Waals surface area (Å²) in [7, 11) is 1.97. The molecular weight excluding hydrogens is 254 g/mol. The Balaban J connectivity index is 1.74. The summed E-state index contributed by atoms with van der Waals surface area (Å²) in [4.78, 5) is 12.1. The van der Waals surface area contributed by atoms with Gasteiger partial charge in [0, 0.05) is 30.7 Å². The van der Waals surface area contributed by atoms with Crippen LogP contribution < -0.4 is 5.32 Å². The Labute approximate surface area is 117 Å². The number of rotatable bonds is 3. The van der Waals surface area contributed by atoms with Crippen molar-refractivity contribution in [2.45, 2.75) is 38.8 Å². The van der Waals surface area contributed by atoms with Gasteiger partial charge in [0.1, 0.15) is 6.54 Å². The van der Waals surface area contributed by atoms with Crippen LogP contribution in [0.3, 0.4) is 0 Å². The van der Waals surface area contributed by atoms with E-state index in [1.54, 1.807) is 17.1 Å². The van der Waals surface area contributed by atoms with Crippen molar-refractivity contribution in [1.82, 2.24) is 24.9 Å². The van der Waals surface area contributed by atoms with Crippen molar-refractivity contribution in [2.75, 3.05) is 0 Å². The van der Waals surface area contributed by atoms with Gasteiger partial charge in [-0.05, 0) is 32.3 Å². The van der Waals surface area contributed by atoms with Crippen LogP contribution in [0, 0.1) is 6.92 Å². The minimum atomic E-state index is -0.00481. The van der Waals surface area contributed by atoms with Gasteiger partial charge in [0.25, 0.3) is 0 Å². The first-order valence-corrected chi connectivity index (χ1v) is 6.94. The van der Waals surface area contributed by atoms with E-state index in [9.17, 15) is 4.79 Å². The number of hydrogen-bond donors (Lipinski definition) is 1. The van der Waals surface area contributed by atoms with Crippen LogP contribution >= 0.6 is 0 Å². The molecule has 1 N–H and O–H groups in total. The van der Waals surface area contributed by atoms with Crippen LogP contribution in [0.25, 0.3) is 0 Å². The van der Waals surface area contributed by atoms with Gasteiger partial charge < -0.3 is 5.32 Å². The molecule has 0 aromatic carbocycles. The van der Waals surface area contributed by atoms with Gasteiger partial charge in [0.05, 0.1) is 11.7 Å². The molecule has 0 fully saturated rings. The van der Waals surface area contributed by atoms with E-state index in [0.29, 0.717) is 0 Å². The average Bonchev–Trinajstić information content (AvgIpc) is 2.99. The summed E-state index contributed by atoms with van der Waals surface area (Å²) in [6, 6.07) is 1.90. The lowest BCUT2D eigenvalue weighted by molar-refractivity contribution is -0.122. The second-order valence-electron chi connectivity index (χ2n) is 5.29. The zero-order chi connectivity index (χ0) is 14.1. The Bertz CT molecular complexity index is 614. The molecule has 0 aliphatic heterocycles. The van der Waals surface area contributed by atoms with E-state index < -0.39 is 0 Å². The molecule has 1 amide bonds. The number of nitrogens with zero attached hydrogens (tertiary/aromatic N) is 4. The Morgan fingerprint density at radius 2 is 2.40 bits per heavy atom. The first kappa shape index (κ1) is 12.9. The van der Waals surface area contributed by atoms with Crippen LogP contribution in [-0.2, 0) is 24.8 Å². The van der Waals surface area contributed by atoms with Crippen molar-refractivity contribution in [3.05, 3.63) is 35.4 Å². The lowest BCUT2D eigenvalue weighted by Crippen LogP contribution is -2.33. The number of aromatic nitrogens is 4. The second kappa shape index (κ2) is 5.11. The quantitative estimate of drug-likeness (QED) is 0.911. The van der Waals surface area contributed by atoms with Crippen LogP contribution in [0.4, 0.5) is 0 Å². The minimum absolute atomic E-state index is 0.00481. The summed E-state index contributed by atoms with van der Waals surface area (Å²) < 4.78 is 3.58. The summed E-state index contributed by atoms with van der Waals surface area (Å²) in [5, 5.41) is 11.6. The minimum Gasteiger partial charge on any atom is -0.348 e. The highest BCUT2D eigenvalue weighted by atomic mass is 16.2. The number of hydrogen-bond acceptors (Lipinski definition) is 3. The van der Waals surface area contributed by atoms with Crippen molar-refractivity contribution in [2.24, 2.45) is 7.05 Å². The van der Waals surface area contributed by atoms with Crippen LogP contribution in [-0.4, -0.2) is 25.5 Å². The molecule has 20 heavy (non-hydrogen) atoms. The van der Waals surface area contributed by atoms with Gasteiger partial charge in [-0.1, -0.05) is 0 Å². The first-order chi connectivity index (χ1) is 9.65. The molecule has 1 aliphatic rings. The Hall–Kier alpha value is -2.11. The van der Waals surface area contributed by atoms with Gasteiger partial charge in [0.2, 0.25) is 5.91 Å².